The molecule has 0 aliphatic heterocycles. The highest BCUT2D eigenvalue weighted by molar-refractivity contribution is 5.23. The molecule has 2 atom stereocenters. The number of rotatable bonds is 5. The fourth-order valence-electron chi connectivity index (χ4n) is 1.95. The molecule has 0 saturated heterocycles. The highest BCUT2D eigenvalue weighted by atomic mass is 17.2. The maximum absolute atomic E-state index is 5.51. The maximum atomic E-state index is 5.51. The summed E-state index contributed by atoms with van der Waals surface area (Å²) in [6.07, 6.45) is -0.160. The molecule has 0 fully saturated rings. The van der Waals surface area contributed by atoms with E-state index in [1.54, 1.807) is 0 Å². The Hall–Kier alpha value is -1.64. The van der Waals surface area contributed by atoms with E-state index >= 15 is 0 Å². The van der Waals surface area contributed by atoms with Crippen LogP contribution in [0.5, 0.6) is 0 Å². The van der Waals surface area contributed by atoms with Gasteiger partial charge in [-0.3, -0.25) is 0 Å². The van der Waals surface area contributed by atoms with Gasteiger partial charge in [0, 0.05) is 0 Å². The van der Waals surface area contributed by atoms with E-state index in [0.29, 0.717) is 0 Å². The molecule has 2 heteroatoms. The Morgan fingerprint density at radius 3 is 1.20 bits per heavy atom. The number of benzene rings is 2. The van der Waals surface area contributed by atoms with Crippen molar-refractivity contribution in [3.8, 4) is 0 Å². The Kier molecular flexibility index (Phi) is 4.94. The second-order valence-corrected chi connectivity index (χ2v) is 5.30. The summed E-state index contributed by atoms with van der Waals surface area (Å²) in [7, 11) is 0. The van der Waals surface area contributed by atoms with Crippen LogP contribution in [-0.4, -0.2) is 0 Å². The van der Waals surface area contributed by atoms with Crippen molar-refractivity contribution in [1.29, 1.82) is 0 Å². The van der Waals surface area contributed by atoms with Crippen molar-refractivity contribution in [1.82, 2.24) is 0 Å². The summed E-state index contributed by atoms with van der Waals surface area (Å²) < 4.78 is 0. The van der Waals surface area contributed by atoms with E-state index in [4.69, 9.17) is 9.78 Å². The molecule has 106 valence electrons. The molecule has 0 aromatic heterocycles. The van der Waals surface area contributed by atoms with Crippen molar-refractivity contribution in [3.63, 3.8) is 0 Å². The zero-order valence-electron chi connectivity index (χ0n) is 12.6. The van der Waals surface area contributed by atoms with Gasteiger partial charge in [0.2, 0.25) is 0 Å². The van der Waals surface area contributed by atoms with Crippen molar-refractivity contribution in [2.45, 2.75) is 39.9 Å². The predicted molar refractivity (Wildman–Crippen MR) is 81.4 cm³/mol. The minimum Gasteiger partial charge on any atom is -0.228 e. The molecule has 0 saturated carbocycles. The number of hydrogen-bond acceptors (Lipinski definition) is 2. The lowest BCUT2D eigenvalue weighted by atomic mass is 10.1. The quantitative estimate of drug-likeness (QED) is 0.557. The van der Waals surface area contributed by atoms with Gasteiger partial charge in [-0.15, -0.1) is 0 Å². The predicted octanol–water partition coefficient (Wildman–Crippen LogP) is 5.07. The number of aryl methyl sites for hydroxylation is 2. The van der Waals surface area contributed by atoms with Crippen LogP contribution in [-0.2, 0) is 9.78 Å². The van der Waals surface area contributed by atoms with E-state index in [1.807, 2.05) is 13.8 Å². The molecule has 0 aliphatic rings. The van der Waals surface area contributed by atoms with Crippen LogP contribution in [0.3, 0.4) is 0 Å². The Morgan fingerprint density at radius 2 is 0.900 bits per heavy atom. The van der Waals surface area contributed by atoms with E-state index in [-0.39, 0.29) is 12.2 Å². The summed E-state index contributed by atoms with van der Waals surface area (Å²) in [5.74, 6) is 0. The lowest BCUT2D eigenvalue weighted by Gasteiger charge is -2.17. The summed E-state index contributed by atoms with van der Waals surface area (Å²) >= 11 is 0. The molecule has 20 heavy (non-hydrogen) atoms. The third-order valence-corrected chi connectivity index (χ3v) is 3.44. The van der Waals surface area contributed by atoms with E-state index in [1.165, 1.54) is 11.1 Å². The SMILES string of the molecule is Cc1ccc(C(C)OOC(C)c2ccc(C)cc2)cc1. The standard InChI is InChI=1S/C18H22O2/c1-13-5-9-17(10-6-13)15(3)19-20-16(4)18-11-7-14(2)8-12-18/h5-12,15-16H,1-4H3. The van der Waals surface area contributed by atoms with Gasteiger partial charge in [-0.05, 0) is 38.8 Å². The summed E-state index contributed by atoms with van der Waals surface area (Å²) in [5.41, 5.74) is 4.73. The maximum Gasteiger partial charge on any atom is 0.115 e. The van der Waals surface area contributed by atoms with Gasteiger partial charge in [-0.1, -0.05) is 59.7 Å². The first-order chi connectivity index (χ1) is 9.56. The Labute approximate surface area is 121 Å². The van der Waals surface area contributed by atoms with Gasteiger partial charge >= 0.3 is 0 Å². The first kappa shape index (κ1) is 14.8. The lowest BCUT2D eigenvalue weighted by Crippen LogP contribution is -2.05. The molecule has 2 nitrogen and oxygen atoms in total. The molecule has 0 spiro atoms. The van der Waals surface area contributed by atoms with Gasteiger partial charge < -0.3 is 0 Å². The van der Waals surface area contributed by atoms with Crippen LogP contribution in [0.15, 0.2) is 48.5 Å². The van der Waals surface area contributed by atoms with Crippen LogP contribution in [0.25, 0.3) is 0 Å². The van der Waals surface area contributed by atoms with Crippen molar-refractivity contribution in [2.24, 2.45) is 0 Å². The van der Waals surface area contributed by atoms with Gasteiger partial charge in [0.1, 0.15) is 12.2 Å². The zero-order valence-corrected chi connectivity index (χ0v) is 12.6. The van der Waals surface area contributed by atoms with Crippen LogP contribution in [0.4, 0.5) is 0 Å². The Balaban J connectivity index is 1.91. The number of hydrogen-bond donors (Lipinski definition) is 0. The fourth-order valence-corrected chi connectivity index (χ4v) is 1.95. The smallest absolute Gasteiger partial charge is 0.115 e. The van der Waals surface area contributed by atoms with Gasteiger partial charge in [0.15, 0.2) is 0 Å². The van der Waals surface area contributed by atoms with Crippen LogP contribution in [0.1, 0.15) is 48.3 Å². The highest BCUT2D eigenvalue weighted by Crippen LogP contribution is 2.23. The summed E-state index contributed by atoms with van der Waals surface area (Å²) in [6, 6.07) is 16.6. The van der Waals surface area contributed by atoms with E-state index in [9.17, 15) is 0 Å². The fraction of sp³-hybridized carbons (Fsp3) is 0.333. The van der Waals surface area contributed by atoms with Crippen molar-refractivity contribution in [3.05, 3.63) is 70.8 Å². The average Bonchev–Trinajstić information content (AvgIpc) is 2.46. The molecule has 0 radical (unpaired) electrons. The summed E-state index contributed by atoms with van der Waals surface area (Å²) in [5, 5.41) is 0. The van der Waals surface area contributed by atoms with Crippen LogP contribution in [0, 0.1) is 13.8 Å². The molecule has 2 unspecified atom stereocenters. The minimum atomic E-state index is -0.0801. The molecule has 0 aliphatic carbocycles. The molecular weight excluding hydrogens is 248 g/mol. The molecule has 2 rings (SSSR count). The minimum absolute atomic E-state index is 0.0801. The normalized spacial score (nSPS) is 14.0. The first-order valence-electron chi connectivity index (χ1n) is 7.01. The molecule has 0 N–H and O–H groups in total. The molecular formula is C18H22O2. The molecule has 0 amide bonds. The van der Waals surface area contributed by atoms with Gasteiger partial charge in [-0.25, -0.2) is 9.78 Å². The third kappa shape index (κ3) is 3.92. The van der Waals surface area contributed by atoms with Crippen LogP contribution >= 0.6 is 0 Å². The summed E-state index contributed by atoms with van der Waals surface area (Å²) in [6.45, 7) is 8.13. The van der Waals surface area contributed by atoms with E-state index < -0.39 is 0 Å². The van der Waals surface area contributed by atoms with Crippen LogP contribution < -0.4 is 0 Å². The van der Waals surface area contributed by atoms with Gasteiger partial charge in [0.05, 0.1) is 0 Å². The van der Waals surface area contributed by atoms with Crippen molar-refractivity contribution >= 4 is 0 Å². The molecule has 0 heterocycles. The average molecular weight is 270 g/mol. The topological polar surface area (TPSA) is 18.5 Å². The molecule has 0 bridgehead atoms. The Bertz CT molecular complexity index is 477. The summed E-state index contributed by atoms with van der Waals surface area (Å²) in [4.78, 5) is 11.0. The van der Waals surface area contributed by atoms with E-state index in [2.05, 4.69) is 62.4 Å². The monoisotopic (exact) mass is 270 g/mol. The van der Waals surface area contributed by atoms with Gasteiger partial charge in [-0.2, -0.15) is 0 Å². The van der Waals surface area contributed by atoms with Crippen LogP contribution in [0.2, 0.25) is 0 Å². The highest BCUT2D eigenvalue weighted by Gasteiger charge is 2.11. The largest absolute Gasteiger partial charge is 0.228 e. The van der Waals surface area contributed by atoms with E-state index in [0.717, 1.165) is 11.1 Å². The van der Waals surface area contributed by atoms with Crippen molar-refractivity contribution < 1.29 is 9.78 Å². The lowest BCUT2D eigenvalue weighted by molar-refractivity contribution is -0.350. The third-order valence-electron chi connectivity index (χ3n) is 3.44. The van der Waals surface area contributed by atoms with Crippen molar-refractivity contribution in [2.75, 3.05) is 0 Å². The zero-order chi connectivity index (χ0) is 14.5. The first-order valence-corrected chi connectivity index (χ1v) is 7.01. The second-order valence-electron chi connectivity index (χ2n) is 5.30. The Morgan fingerprint density at radius 1 is 0.600 bits per heavy atom. The molecule has 2 aromatic rings. The van der Waals surface area contributed by atoms with Gasteiger partial charge in [0.25, 0.3) is 0 Å². The second kappa shape index (κ2) is 6.69. The molecule has 2 aromatic carbocycles.